The summed E-state index contributed by atoms with van der Waals surface area (Å²) >= 11 is 0. The van der Waals surface area contributed by atoms with Crippen LogP contribution in [0, 0.1) is 10.1 Å². The average Bonchev–Trinajstić information content (AvgIpc) is 2.75. The molecule has 0 amide bonds. The lowest BCUT2D eigenvalue weighted by Gasteiger charge is -2.17. The number of nitro benzene ring substituents is 1. The second-order valence-electron chi connectivity index (χ2n) is 6.58. The van der Waals surface area contributed by atoms with Gasteiger partial charge in [0.1, 0.15) is 0 Å². The molecular weight excluding hydrogens is 372 g/mol. The van der Waals surface area contributed by atoms with E-state index in [9.17, 15) is 10.1 Å². The van der Waals surface area contributed by atoms with E-state index >= 15 is 0 Å². The molecule has 1 atom stereocenters. The Morgan fingerprint density at radius 2 is 1.76 bits per heavy atom. The second-order valence-corrected chi connectivity index (χ2v) is 6.58. The Morgan fingerprint density at radius 1 is 1.10 bits per heavy atom. The van der Waals surface area contributed by atoms with Gasteiger partial charge in [-0.15, -0.1) is 0 Å². The van der Waals surface area contributed by atoms with E-state index < -0.39 is 4.92 Å². The SMILES string of the molecule is CCC(C)NC(=NCc1ccc(OC)c(OC)c1)NCc1ccc([N+](=O)[O-])cc1. The summed E-state index contributed by atoms with van der Waals surface area (Å²) in [5.74, 6) is 2.01. The van der Waals surface area contributed by atoms with Gasteiger partial charge in [0, 0.05) is 24.7 Å². The summed E-state index contributed by atoms with van der Waals surface area (Å²) in [5, 5.41) is 17.4. The van der Waals surface area contributed by atoms with Gasteiger partial charge in [0.15, 0.2) is 17.5 Å². The summed E-state index contributed by atoms with van der Waals surface area (Å²) in [7, 11) is 3.21. The Hall–Kier alpha value is -3.29. The lowest BCUT2D eigenvalue weighted by molar-refractivity contribution is -0.384. The number of ether oxygens (including phenoxy) is 2. The van der Waals surface area contributed by atoms with Gasteiger partial charge in [-0.3, -0.25) is 10.1 Å². The third kappa shape index (κ3) is 6.67. The van der Waals surface area contributed by atoms with E-state index in [1.165, 1.54) is 12.1 Å². The normalized spacial score (nSPS) is 12.2. The van der Waals surface area contributed by atoms with Crippen LogP contribution in [-0.2, 0) is 13.1 Å². The average molecular weight is 400 g/mol. The van der Waals surface area contributed by atoms with Crippen LogP contribution in [0.1, 0.15) is 31.4 Å². The molecule has 0 fully saturated rings. The van der Waals surface area contributed by atoms with Gasteiger partial charge in [-0.2, -0.15) is 0 Å². The molecule has 156 valence electrons. The van der Waals surface area contributed by atoms with Crippen molar-refractivity contribution >= 4 is 11.6 Å². The predicted molar refractivity (Wildman–Crippen MR) is 114 cm³/mol. The molecule has 0 aliphatic carbocycles. The molecule has 0 aliphatic heterocycles. The summed E-state index contributed by atoms with van der Waals surface area (Å²) in [6.45, 7) is 5.15. The molecule has 0 saturated heterocycles. The number of nitrogens with one attached hydrogen (secondary N) is 2. The van der Waals surface area contributed by atoms with Gasteiger partial charge in [0.05, 0.1) is 25.7 Å². The lowest BCUT2D eigenvalue weighted by Crippen LogP contribution is -2.41. The molecule has 2 aromatic rings. The topological polar surface area (TPSA) is 98.0 Å². The van der Waals surface area contributed by atoms with Crippen LogP contribution < -0.4 is 20.1 Å². The molecule has 29 heavy (non-hydrogen) atoms. The first kappa shape index (κ1) is 22.0. The van der Waals surface area contributed by atoms with E-state index in [1.807, 2.05) is 18.2 Å². The van der Waals surface area contributed by atoms with E-state index in [0.29, 0.717) is 30.5 Å². The van der Waals surface area contributed by atoms with Crippen molar-refractivity contribution in [1.29, 1.82) is 0 Å². The van der Waals surface area contributed by atoms with Crippen LogP contribution in [0.5, 0.6) is 11.5 Å². The third-order valence-corrected chi connectivity index (χ3v) is 4.47. The maximum absolute atomic E-state index is 10.8. The minimum absolute atomic E-state index is 0.0776. The van der Waals surface area contributed by atoms with Gasteiger partial charge >= 0.3 is 0 Å². The highest BCUT2D eigenvalue weighted by Gasteiger charge is 2.08. The predicted octanol–water partition coefficient (Wildman–Crippen LogP) is 3.65. The number of nitro groups is 1. The van der Waals surface area contributed by atoms with Gasteiger partial charge in [-0.1, -0.05) is 25.1 Å². The number of nitrogens with zero attached hydrogens (tertiary/aromatic N) is 2. The van der Waals surface area contributed by atoms with Crippen LogP contribution in [0.3, 0.4) is 0 Å². The summed E-state index contributed by atoms with van der Waals surface area (Å²) in [6.07, 6.45) is 0.953. The summed E-state index contributed by atoms with van der Waals surface area (Å²) in [4.78, 5) is 15.0. The van der Waals surface area contributed by atoms with Crippen molar-refractivity contribution in [2.45, 2.75) is 39.4 Å². The highest BCUT2D eigenvalue weighted by Crippen LogP contribution is 2.27. The van der Waals surface area contributed by atoms with Crippen LogP contribution >= 0.6 is 0 Å². The number of aliphatic imine (C=N–C) groups is 1. The van der Waals surface area contributed by atoms with Crippen LogP contribution in [0.25, 0.3) is 0 Å². The summed E-state index contributed by atoms with van der Waals surface area (Å²) in [6, 6.07) is 12.4. The fourth-order valence-corrected chi connectivity index (χ4v) is 2.56. The molecule has 8 heteroatoms. The molecule has 2 N–H and O–H groups in total. The number of non-ortho nitro benzene ring substituents is 1. The number of benzene rings is 2. The Labute approximate surface area is 171 Å². The Bertz CT molecular complexity index is 837. The van der Waals surface area contributed by atoms with Crippen LogP contribution in [-0.4, -0.2) is 31.1 Å². The van der Waals surface area contributed by atoms with Crippen molar-refractivity contribution in [3.05, 3.63) is 63.7 Å². The van der Waals surface area contributed by atoms with Crippen molar-refractivity contribution in [1.82, 2.24) is 10.6 Å². The molecule has 0 aromatic heterocycles. The quantitative estimate of drug-likeness (QED) is 0.289. The molecule has 0 spiro atoms. The second kappa shape index (κ2) is 10.9. The zero-order valence-electron chi connectivity index (χ0n) is 17.3. The van der Waals surface area contributed by atoms with E-state index in [4.69, 9.17) is 9.47 Å². The van der Waals surface area contributed by atoms with Crippen molar-refractivity contribution < 1.29 is 14.4 Å². The highest BCUT2D eigenvalue weighted by atomic mass is 16.6. The molecule has 0 radical (unpaired) electrons. The van der Waals surface area contributed by atoms with Crippen molar-refractivity contribution in [3.8, 4) is 11.5 Å². The largest absolute Gasteiger partial charge is 0.493 e. The maximum atomic E-state index is 10.8. The Balaban J connectivity index is 2.09. The van der Waals surface area contributed by atoms with Crippen LogP contribution in [0.15, 0.2) is 47.5 Å². The van der Waals surface area contributed by atoms with E-state index in [2.05, 4.69) is 29.5 Å². The molecule has 0 bridgehead atoms. The minimum atomic E-state index is -0.405. The smallest absolute Gasteiger partial charge is 0.269 e. The van der Waals surface area contributed by atoms with Crippen LogP contribution in [0.2, 0.25) is 0 Å². The fourth-order valence-electron chi connectivity index (χ4n) is 2.56. The first-order valence-corrected chi connectivity index (χ1v) is 9.45. The standard InChI is InChI=1S/C21H28N4O4/c1-5-15(2)24-21(22-13-16-6-9-18(10-7-16)25(26)27)23-14-17-8-11-19(28-3)20(12-17)29-4/h6-12,15H,5,13-14H2,1-4H3,(H2,22,23,24). The summed E-state index contributed by atoms with van der Waals surface area (Å²) < 4.78 is 10.6. The molecular formula is C21H28N4O4. The number of rotatable bonds is 9. The van der Waals surface area contributed by atoms with Crippen LogP contribution in [0.4, 0.5) is 5.69 Å². The van der Waals surface area contributed by atoms with E-state index in [0.717, 1.165) is 17.5 Å². The fraction of sp³-hybridized carbons (Fsp3) is 0.381. The van der Waals surface area contributed by atoms with Gasteiger partial charge in [0.2, 0.25) is 0 Å². The van der Waals surface area contributed by atoms with Crippen molar-refractivity contribution in [3.63, 3.8) is 0 Å². The molecule has 1 unspecified atom stereocenters. The first-order valence-electron chi connectivity index (χ1n) is 9.45. The van der Waals surface area contributed by atoms with Gasteiger partial charge < -0.3 is 20.1 Å². The molecule has 0 aliphatic rings. The maximum Gasteiger partial charge on any atom is 0.269 e. The Kier molecular flexibility index (Phi) is 8.27. The molecule has 0 saturated carbocycles. The van der Waals surface area contributed by atoms with Gasteiger partial charge in [-0.05, 0) is 36.6 Å². The van der Waals surface area contributed by atoms with E-state index in [-0.39, 0.29) is 11.7 Å². The monoisotopic (exact) mass is 400 g/mol. The van der Waals surface area contributed by atoms with Crippen molar-refractivity contribution in [2.24, 2.45) is 4.99 Å². The van der Waals surface area contributed by atoms with Gasteiger partial charge in [0.25, 0.3) is 5.69 Å². The molecule has 2 aromatic carbocycles. The lowest BCUT2D eigenvalue weighted by atomic mass is 10.2. The number of guanidine groups is 1. The van der Waals surface area contributed by atoms with Gasteiger partial charge in [-0.25, -0.2) is 4.99 Å². The third-order valence-electron chi connectivity index (χ3n) is 4.47. The number of methoxy groups -OCH3 is 2. The van der Waals surface area contributed by atoms with Crippen molar-refractivity contribution in [2.75, 3.05) is 14.2 Å². The highest BCUT2D eigenvalue weighted by molar-refractivity contribution is 5.80. The Morgan fingerprint density at radius 3 is 2.34 bits per heavy atom. The molecule has 2 rings (SSSR count). The first-order chi connectivity index (χ1) is 14.0. The summed E-state index contributed by atoms with van der Waals surface area (Å²) in [5.41, 5.74) is 2.00. The molecule has 0 heterocycles. The number of hydrogen-bond donors (Lipinski definition) is 2. The number of hydrogen-bond acceptors (Lipinski definition) is 5. The minimum Gasteiger partial charge on any atom is -0.493 e. The molecule has 8 nitrogen and oxygen atoms in total. The zero-order valence-corrected chi connectivity index (χ0v) is 17.3. The zero-order chi connectivity index (χ0) is 21.2. The van der Waals surface area contributed by atoms with E-state index in [1.54, 1.807) is 26.4 Å².